The van der Waals surface area contributed by atoms with Crippen molar-refractivity contribution in [1.29, 1.82) is 0 Å². The molecule has 2 aliphatic rings. The lowest BCUT2D eigenvalue weighted by atomic mass is 9.89. The molecular weight excluding hydrogens is 266 g/mol. The fourth-order valence-corrected chi connectivity index (χ4v) is 3.49. The number of hydrogen-bond acceptors (Lipinski definition) is 5. The molecule has 2 bridgehead atoms. The lowest BCUT2D eigenvalue weighted by Gasteiger charge is -2.15. The second-order valence-corrected chi connectivity index (χ2v) is 5.81. The smallest absolute Gasteiger partial charge is 0.231 e. The van der Waals surface area contributed by atoms with Gasteiger partial charge in [0, 0.05) is 17.6 Å². The van der Waals surface area contributed by atoms with Crippen LogP contribution in [0.15, 0.2) is 28.8 Å². The summed E-state index contributed by atoms with van der Waals surface area (Å²) in [4.78, 5) is 4.61. The Balaban J connectivity index is 1.58. The van der Waals surface area contributed by atoms with E-state index < -0.39 is 0 Å². The highest BCUT2D eigenvalue weighted by atomic mass is 16.5. The fraction of sp³-hybridized carbons (Fsp3) is 0.500. The SMILES string of the molecule is CCOc1cccc(-c2noc(C3CC4CCC3N4)n2)c1. The number of hydrogen-bond donors (Lipinski definition) is 1. The number of fused-ring (bicyclic) bond motifs is 2. The van der Waals surface area contributed by atoms with Crippen LogP contribution in [0.25, 0.3) is 11.4 Å². The molecule has 3 unspecified atom stereocenters. The number of aromatic nitrogens is 2. The number of nitrogens with zero attached hydrogens (tertiary/aromatic N) is 2. The zero-order chi connectivity index (χ0) is 14.2. The molecule has 1 aromatic carbocycles. The molecule has 1 N–H and O–H groups in total. The highest BCUT2D eigenvalue weighted by molar-refractivity contribution is 5.56. The van der Waals surface area contributed by atoms with E-state index in [2.05, 4.69) is 15.5 Å². The molecule has 0 amide bonds. The molecule has 1 aromatic heterocycles. The van der Waals surface area contributed by atoms with Gasteiger partial charge in [0.2, 0.25) is 11.7 Å². The van der Waals surface area contributed by atoms with E-state index in [1.54, 1.807) is 0 Å². The number of rotatable bonds is 4. The third-order valence-electron chi connectivity index (χ3n) is 4.46. The first kappa shape index (κ1) is 12.8. The zero-order valence-electron chi connectivity index (χ0n) is 12.1. The van der Waals surface area contributed by atoms with E-state index in [0.29, 0.717) is 30.4 Å². The van der Waals surface area contributed by atoms with Crippen molar-refractivity contribution >= 4 is 0 Å². The number of nitrogens with one attached hydrogen (secondary N) is 1. The molecule has 21 heavy (non-hydrogen) atoms. The van der Waals surface area contributed by atoms with Gasteiger partial charge >= 0.3 is 0 Å². The summed E-state index contributed by atoms with van der Waals surface area (Å²) in [5.74, 6) is 2.63. The van der Waals surface area contributed by atoms with Gasteiger partial charge in [0.05, 0.1) is 12.5 Å². The summed E-state index contributed by atoms with van der Waals surface area (Å²) in [5, 5.41) is 7.75. The quantitative estimate of drug-likeness (QED) is 0.936. The molecule has 5 nitrogen and oxygen atoms in total. The van der Waals surface area contributed by atoms with Crippen LogP contribution in [0.2, 0.25) is 0 Å². The first-order valence-corrected chi connectivity index (χ1v) is 7.66. The minimum atomic E-state index is 0.375. The van der Waals surface area contributed by atoms with Gasteiger partial charge in [0.25, 0.3) is 0 Å². The van der Waals surface area contributed by atoms with Crippen molar-refractivity contribution in [3.05, 3.63) is 30.2 Å². The Morgan fingerprint density at radius 1 is 1.38 bits per heavy atom. The van der Waals surface area contributed by atoms with Crippen molar-refractivity contribution in [1.82, 2.24) is 15.5 Å². The molecular formula is C16H19N3O2. The van der Waals surface area contributed by atoms with Crippen molar-refractivity contribution < 1.29 is 9.26 Å². The van der Waals surface area contributed by atoms with E-state index >= 15 is 0 Å². The molecule has 3 atom stereocenters. The third-order valence-corrected chi connectivity index (χ3v) is 4.46. The number of benzene rings is 1. The molecule has 2 aromatic rings. The van der Waals surface area contributed by atoms with Gasteiger partial charge in [-0.15, -0.1) is 0 Å². The lowest BCUT2D eigenvalue weighted by Crippen LogP contribution is -2.21. The Morgan fingerprint density at radius 3 is 3.10 bits per heavy atom. The van der Waals surface area contributed by atoms with Crippen LogP contribution < -0.4 is 10.1 Å². The molecule has 0 saturated carbocycles. The Morgan fingerprint density at radius 2 is 2.33 bits per heavy atom. The molecule has 0 radical (unpaired) electrons. The van der Waals surface area contributed by atoms with Gasteiger partial charge in [-0.1, -0.05) is 17.3 Å². The van der Waals surface area contributed by atoms with Crippen LogP contribution in [0.4, 0.5) is 0 Å². The standard InChI is InChI=1S/C16H19N3O2/c1-2-20-12-5-3-4-10(8-12)15-18-16(21-19-15)13-9-11-6-7-14(13)17-11/h3-5,8,11,13-14,17H,2,6-7,9H2,1H3. The monoisotopic (exact) mass is 285 g/mol. The van der Waals surface area contributed by atoms with Gasteiger partial charge in [-0.25, -0.2) is 0 Å². The van der Waals surface area contributed by atoms with Crippen molar-refractivity contribution in [2.75, 3.05) is 6.61 Å². The van der Waals surface area contributed by atoms with Crippen molar-refractivity contribution in [3.8, 4) is 17.1 Å². The van der Waals surface area contributed by atoms with E-state index in [1.807, 2.05) is 31.2 Å². The molecule has 0 spiro atoms. The maximum atomic E-state index is 5.52. The fourth-order valence-electron chi connectivity index (χ4n) is 3.49. The Hall–Kier alpha value is -1.88. The second kappa shape index (κ2) is 5.15. The van der Waals surface area contributed by atoms with Gasteiger partial charge in [0.1, 0.15) is 5.75 Å². The maximum Gasteiger partial charge on any atom is 0.231 e. The summed E-state index contributed by atoms with van der Waals surface area (Å²) in [5.41, 5.74) is 0.937. The highest BCUT2D eigenvalue weighted by Gasteiger charge is 2.42. The average molecular weight is 285 g/mol. The molecule has 2 saturated heterocycles. The van der Waals surface area contributed by atoms with E-state index in [4.69, 9.17) is 9.26 Å². The van der Waals surface area contributed by atoms with Crippen LogP contribution in [0.5, 0.6) is 5.75 Å². The van der Waals surface area contributed by atoms with E-state index in [-0.39, 0.29) is 0 Å². The summed E-state index contributed by atoms with van der Waals surface area (Å²) in [7, 11) is 0. The van der Waals surface area contributed by atoms with Gasteiger partial charge in [-0.05, 0) is 38.3 Å². The van der Waals surface area contributed by atoms with E-state index in [0.717, 1.165) is 23.6 Å². The minimum absolute atomic E-state index is 0.375. The molecule has 2 fully saturated rings. The normalized spacial score (nSPS) is 27.2. The van der Waals surface area contributed by atoms with E-state index in [1.165, 1.54) is 12.8 Å². The first-order chi connectivity index (χ1) is 10.3. The third kappa shape index (κ3) is 2.31. The summed E-state index contributed by atoms with van der Waals surface area (Å²) >= 11 is 0. The van der Waals surface area contributed by atoms with Crippen molar-refractivity contribution in [2.45, 2.75) is 44.2 Å². The Kier molecular flexibility index (Phi) is 3.15. The molecule has 4 rings (SSSR count). The van der Waals surface area contributed by atoms with Crippen molar-refractivity contribution in [3.63, 3.8) is 0 Å². The predicted molar refractivity (Wildman–Crippen MR) is 78.2 cm³/mol. The summed E-state index contributed by atoms with van der Waals surface area (Å²) < 4.78 is 11.0. The predicted octanol–water partition coefficient (Wildman–Crippen LogP) is 2.74. The van der Waals surface area contributed by atoms with E-state index in [9.17, 15) is 0 Å². The maximum absolute atomic E-state index is 5.52. The van der Waals surface area contributed by atoms with Crippen LogP contribution in [0.3, 0.4) is 0 Å². The summed E-state index contributed by atoms with van der Waals surface area (Å²) in [6.07, 6.45) is 3.61. The Bertz CT molecular complexity index is 640. The molecule has 5 heteroatoms. The van der Waals surface area contributed by atoms with Crippen LogP contribution in [0.1, 0.15) is 38.0 Å². The minimum Gasteiger partial charge on any atom is -0.494 e. The van der Waals surface area contributed by atoms with Crippen LogP contribution in [-0.4, -0.2) is 28.8 Å². The summed E-state index contributed by atoms with van der Waals surface area (Å²) in [6.45, 7) is 2.62. The van der Waals surface area contributed by atoms with Gasteiger partial charge in [-0.2, -0.15) is 4.98 Å². The topological polar surface area (TPSA) is 60.2 Å². The molecule has 0 aliphatic carbocycles. The Labute approximate surface area is 123 Å². The zero-order valence-corrected chi connectivity index (χ0v) is 12.1. The molecule has 2 aliphatic heterocycles. The molecule has 3 heterocycles. The van der Waals surface area contributed by atoms with Gasteiger partial charge in [0.15, 0.2) is 0 Å². The second-order valence-electron chi connectivity index (χ2n) is 5.81. The van der Waals surface area contributed by atoms with Gasteiger partial charge in [-0.3, -0.25) is 0 Å². The molecule has 110 valence electrons. The first-order valence-electron chi connectivity index (χ1n) is 7.66. The largest absolute Gasteiger partial charge is 0.494 e. The summed E-state index contributed by atoms with van der Waals surface area (Å²) in [6, 6.07) is 8.98. The number of ether oxygens (including phenoxy) is 1. The lowest BCUT2D eigenvalue weighted by molar-refractivity contribution is 0.329. The van der Waals surface area contributed by atoms with Crippen molar-refractivity contribution in [2.24, 2.45) is 0 Å². The van der Waals surface area contributed by atoms with Crippen LogP contribution in [0, 0.1) is 0 Å². The van der Waals surface area contributed by atoms with Crippen LogP contribution >= 0.6 is 0 Å². The average Bonchev–Trinajstić information content (AvgIpc) is 3.24. The van der Waals surface area contributed by atoms with Crippen LogP contribution in [-0.2, 0) is 0 Å². The van der Waals surface area contributed by atoms with Gasteiger partial charge < -0.3 is 14.6 Å². The highest BCUT2D eigenvalue weighted by Crippen LogP contribution is 2.39.